The molecule has 1 atom stereocenters. The molecule has 1 aliphatic rings. The van der Waals surface area contributed by atoms with Gasteiger partial charge in [0.15, 0.2) is 0 Å². The van der Waals surface area contributed by atoms with Gasteiger partial charge >= 0.3 is 0 Å². The summed E-state index contributed by atoms with van der Waals surface area (Å²) >= 11 is 0. The van der Waals surface area contributed by atoms with Gasteiger partial charge in [-0.25, -0.2) is 4.39 Å². The molecule has 1 N–H and O–H groups in total. The van der Waals surface area contributed by atoms with Gasteiger partial charge in [0.1, 0.15) is 5.82 Å². The SMILES string of the molecule is O[C@@]1(c2cccnc2)CCCN(Cc2ccccc2F)CC1. The van der Waals surface area contributed by atoms with E-state index in [-0.39, 0.29) is 5.82 Å². The molecule has 3 nitrogen and oxygen atoms in total. The zero-order chi connectivity index (χ0) is 15.4. The van der Waals surface area contributed by atoms with Crippen LogP contribution in [0.2, 0.25) is 0 Å². The second-order valence-corrected chi connectivity index (χ2v) is 5.99. The smallest absolute Gasteiger partial charge is 0.127 e. The third-order valence-corrected chi connectivity index (χ3v) is 4.46. The third-order valence-electron chi connectivity index (χ3n) is 4.46. The maximum absolute atomic E-state index is 13.8. The van der Waals surface area contributed by atoms with Gasteiger partial charge in [-0.2, -0.15) is 0 Å². The number of pyridine rings is 1. The summed E-state index contributed by atoms with van der Waals surface area (Å²) in [5, 5.41) is 10.9. The molecule has 0 bridgehead atoms. The van der Waals surface area contributed by atoms with E-state index in [1.54, 1.807) is 18.5 Å². The van der Waals surface area contributed by atoms with E-state index in [1.807, 2.05) is 24.3 Å². The highest BCUT2D eigenvalue weighted by Gasteiger charge is 2.32. The van der Waals surface area contributed by atoms with Crippen molar-refractivity contribution in [3.63, 3.8) is 0 Å². The van der Waals surface area contributed by atoms with Crippen LogP contribution in [-0.4, -0.2) is 28.1 Å². The first kappa shape index (κ1) is 15.1. The first-order chi connectivity index (χ1) is 10.7. The number of benzene rings is 1. The molecule has 2 heterocycles. The first-order valence-electron chi connectivity index (χ1n) is 7.76. The van der Waals surface area contributed by atoms with Crippen LogP contribution in [0.15, 0.2) is 48.8 Å². The predicted octanol–water partition coefficient (Wildman–Crippen LogP) is 3.09. The van der Waals surface area contributed by atoms with Crippen molar-refractivity contribution in [2.24, 2.45) is 0 Å². The number of hydrogen-bond donors (Lipinski definition) is 1. The highest BCUT2D eigenvalue weighted by atomic mass is 19.1. The van der Waals surface area contributed by atoms with Crippen LogP contribution in [-0.2, 0) is 12.1 Å². The van der Waals surface area contributed by atoms with E-state index < -0.39 is 5.60 Å². The third kappa shape index (κ3) is 3.34. The Bertz CT molecular complexity index is 619. The molecule has 1 saturated heterocycles. The summed E-state index contributed by atoms with van der Waals surface area (Å²) in [6.07, 6.45) is 5.71. The Morgan fingerprint density at radius 3 is 2.77 bits per heavy atom. The minimum absolute atomic E-state index is 0.158. The Balaban J connectivity index is 1.69. The van der Waals surface area contributed by atoms with Crippen molar-refractivity contribution in [2.75, 3.05) is 13.1 Å². The molecule has 0 radical (unpaired) electrons. The van der Waals surface area contributed by atoms with E-state index in [0.29, 0.717) is 24.9 Å². The Kier molecular flexibility index (Phi) is 4.50. The van der Waals surface area contributed by atoms with Crippen molar-refractivity contribution in [2.45, 2.75) is 31.4 Å². The molecule has 0 aliphatic carbocycles. The van der Waals surface area contributed by atoms with Crippen LogP contribution in [0, 0.1) is 5.82 Å². The highest BCUT2D eigenvalue weighted by molar-refractivity contribution is 5.19. The average Bonchev–Trinajstić information content (AvgIpc) is 2.74. The van der Waals surface area contributed by atoms with Crippen LogP contribution in [0.5, 0.6) is 0 Å². The van der Waals surface area contributed by atoms with Gasteiger partial charge < -0.3 is 5.11 Å². The normalized spacial score (nSPS) is 23.2. The molecule has 1 aromatic carbocycles. The number of nitrogens with zero attached hydrogens (tertiary/aromatic N) is 2. The van der Waals surface area contributed by atoms with Crippen molar-refractivity contribution in [3.05, 3.63) is 65.7 Å². The highest BCUT2D eigenvalue weighted by Crippen LogP contribution is 2.32. The summed E-state index contributed by atoms with van der Waals surface area (Å²) in [5.74, 6) is -0.158. The maximum atomic E-state index is 13.8. The van der Waals surface area contributed by atoms with Crippen molar-refractivity contribution >= 4 is 0 Å². The summed E-state index contributed by atoms with van der Waals surface area (Å²) in [6.45, 7) is 2.21. The zero-order valence-corrected chi connectivity index (χ0v) is 12.6. The minimum Gasteiger partial charge on any atom is -0.385 e. The molecule has 1 fully saturated rings. The molecule has 22 heavy (non-hydrogen) atoms. The molecule has 0 amide bonds. The molecule has 0 unspecified atom stereocenters. The van der Waals surface area contributed by atoms with Crippen LogP contribution in [0.25, 0.3) is 0 Å². The first-order valence-corrected chi connectivity index (χ1v) is 7.76. The Morgan fingerprint density at radius 1 is 1.14 bits per heavy atom. The van der Waals surface area contributed by atoms with Gasteiger partial charge in [-0.3, -0.25) is 9.88 Å². The quantitative estimate of drug-likeness (QED) is 0.946. The second kappa shape index (κ2) is 6.55. The van der Waals surface area contributed by atoms with E-state index >= 15 is 0 Å². The largest absolute Gasteiger partial charge is 0.385 e. The summed E-state index contributed by atoms with van der Waals surface area (Å²) in [7, 11) is 0. The Labute approximate surface area is 130 Å². The standard InChI is InChI=1S/C18H21FN2O/c19-17-7-2-1-5-15(17)14-21-11-4-8-18(22,9-12-21)16-6-3-10-20-13-16/h1-3,5-7,10,13,22H,4,8-9,11-12,14H2/t18-/m0/s1. The summed E-state index contributed by atoms with van der Waals surface area (Å²) in [4.78, 5) is 6.33. The molecule has 1 aromatic heterocycles. The van der Waals surface area contributed by atoms with E-state index in [4.69, 9.17) is 0 Å². The van der Waals surface area contributed by atoms with Gasteiger partial charge in [0, 0.05) is 36.6 Å². The number of halogens is 1. The second-order valence-electron chi connectivity index (χ2n) is 5.99. The van der Waals surface area contributed by atoms with Crippen molar-refractivity contribution in [1.82, 2.24) is 9.88 Å². The fraction of sp³-hybridized carbons (Fsp3) is 0.389. The van der Waals surface area contributed by atoms with E-state index in [9.17, 15) is 9.50 Å². The zero-order valence-electron chi connectivity index (χ0n) is 12.6. The fourth-order valence-corrected chi connectivity index (χ4v) is 3.13. The van der Waals surface area contributed by atoms with Crippen LogP contribution < -0.4 is 0 Å². The van der Waals surface area contributed by atoms with Gasteiger partial charge in [-0.1, -0.05) is 24.3 Å². The van der Waals surface area contributed by atoms with Crippen LogP contribution >= 0.6 is 0 Å². The fourth-order valence-electron chi connectivity index (χ4n) is 3.13. The lowest BCUT2D eigenvalue weighted by atomic mass is 9.88. The summed E-state index contributed by atoms with van der Waals surface area (Å²) < 4.78 is 13.8. The lowest BCUT2D eigenvalue weighted by molar-refractivity contribution is 0.0206. The van der Waals surface area contributed by atoms with Gasteiger partial charge in [0.2, 0.25) is 0 Å². The number of hydrogen-bond acceptors (Lipinski definition) is 3. The topological polar surface area (TPSA) is 36.4 Å². The predicted molar refractivity (Wildman–Crippen MR) is 83.7 cm³/mol. The lowest BCUT2D eigenvalue weighted by Gasteiger charge is -2.27. The van der Waals surface area contributed by atoms with Gasteiger partial charge in [-0.15, -0.1) is 0 Å². The van der Waals surface area contributed by atoms with Crippen LogP contribution in [0.4, 0.5) is 4.39 Å². The molecule has 0 spiro atoms. The van der Waals surface area contributed by atoms with E-state index in [2.05, 4.69) is 9.88 Å². The number of rotatable bonds is 3. The Morgan fingerprint density at radius 2 is 2.00 bits per heavy atom. The summed E-state index contributed by atoms with van der Waals surface area (Å²) in [5.41, 5.74) is 0.773. The van der Waals surface area contributed by atoms with E-state index in [1.165, 1.54) is 6.07 Å². The molecule has 2 aromatic rings. The molecule has 4 heteroatoms. The average molecular weight is 300 g/mol. The number of likely N-dealkylation sites (tertiary alicyclic amines) is 1. The van der Waals surface area contributed by atoms with Gasteiger partial charge in [0.25, 0.3) is 0 Å². The van der Waals surface area contributed by atoms with Crippen LogP contribution in [0.1, 0.15) is 30.4 Å². The van der Waals surface area contributed by atoms with Crippen molar-refractivity contribution in [1.29, 1.82) is 0 Å². The molecule has 3 rings (SSSR count). The van der Waals surface area contributed by atoms with Crippen molar-refractivity contribution < 1.29 is 9.50 Å². The molecular weight excluding hydrogens is 279 g/mol. The summed E-state index contributed by atoms with van der Waals surface area (Å²) in [6, 6.07) is 10.7. The minimum atomic E-state index is -0.821. The van der Waals surface area contributed by atoms with Crippen LogP contribution in [0.3, 0.4) is 0 Å². The molecule has 0 saturated carbocycles. The lowest BCUT2D eigenvalue weighted by Crippen LogP contribution is -2.29. The maximum Gasteiger partial charge on any atom is 0.127 e. The van der Waals surface area contributed by atoms with Crippen molar-refractivity contribution in [3.8, 4) is 0 Å². The molecule has 1 aliphatic heterocycles. The number of aliphatic hydroxyl groups is 1. The number of aromatic nitrogens is 1. The van der Waals surface area contributed by atoms with Gasteiger partial charge in [-0.05, 0) is 37.9 Å². The van der Waals surface area contributed by atoms with Gasteiger partial charge in [0.05, 0.1) is 5.60 Å². The monoisotopic (exact) mass is 300 g/mol. The molecular formula is C18H21FN2O. The van der Waals surface area contributed by atoms with E-state index in [0.717, 1.165) is 25.1 Å². The molecule has 116 valence electrons. The Hall–Kier alpha value is -1.78.